The van der Waals surface area contributed by atoms with Crippen molar-refractivity contribution in [3.8, 4) is 0 Å². The summed E-state index contributed by atoms with van der Waals surface area (Å²) >= 11 is 1.81. The number of thioether (sulfide) groups is 1. The van der Waals surface area contributed by atoms with E-state index in [4.69, 9.17) is 0 Å². The van der Waals surface area contributed by atoms with E-state index in [2.05, 4.69) is 18.5 Å². The number of nitrogens with zero attached hydrogens (tertiary/aromatic N) is 2. The summed E-state index contributed by atoms with van der Waals surface area (Å²) in [6.07, 6.45) is 2.66. The number of hydrogen-bond acceptors (Lipinski definition) is 3. The lowest BCUT2D eigenvalue weighted by atomic mass is 10.2. The Balaban J connectivity index is 2.03. The third kappa shape index (κ3) is 3.47. The van der Waals surface area contributed by atoms with Gasteiger partial charge in [0.2, 0.25) is 0 Å². The highest BCUT2D eigenvalue weighted by atomic mass is 32.2. The van der Waals surface area contributed by atoms with Crippen LogP contribution in [0.4, 0.5) is 0 Å². The van der Waals surface area contributed by atoms with Crippen molar-refractivity contribution < 1.29 is 0 Å². The normalized spacial score (nSPS) is 10.8. The topological polar surface area (TPSA) is 34.9 Å². The van der Waals surface area contributed by atoms with Crippen LogP contribution in [0.15, 0.2) is 47.5 Å². The fraction of sp³-hybridized carbons (Fsp3) is 0.333. The van der Waals surface area contributed by atoms with E-state index in [1.807, 2.05) is 36.0 Å². The van der Waals surface area contributed by atoms with E-state index in [-0.39, 0.29) is 5.56 Å². The molecule has 19 heavy (non-hydrogen) atoms. The van der Waals surface area contributed by atoms with E-state index in [1.165, 1.54) is 5.57 Å². The van der Waals surface area contributed by atoms with Crippen LogP contribution in [-0.2, 0) is 6.54 Å². The van der Waals surface area contributed by atoms with Crippen molar-refractivity contribution in [1.29, 1.82) is 0 Å². The molecule has 0 aliphatic rings. The van der Waals surface area contributed by atoms with Crippen LogP contribution in [0.5, 0.6) is 0 Å². The zero-order valence-corrected chi connectivity index (χ0v) is 11.9. The lowest BCUT2D eigenvalue weighted by molar-refractivity contribution is 0.725. The molecule has 0 unspecified atom stereocenters. The lowest BCUT2D eigenvalue weighted by Gasteiger charge is -2.07. The first-order valence-electron chi connectivity index (χ1n) is 6.41. The van der Waals surface area contributed by atoms with E-state index in [1.54, 1.807) is 10.9 Å². The molecule has 0 N–H and O–H groups in total. The molecule has 2 aromatic rings. The molecule has 1 aromatic carbocycles. The van der Waals surface area contributed by atoms with Gasteiger partial charge in [0.1, 0.15) is 0 Å². The molecule has 1 aromatic heterocycles. The first-order chi connectivity index (χ1) is 9.22. The third-order valence-corrected chi connectivity index (χ3v) is 4.10. The highest BCUT2D eigenvalue weighted by Gasteiger charge is 2.02. The Labute approximate surface area is 117 Å². The molecule has 0 fully saturated rings. The van der Waals surface area contributed by atoms with Crippen molar-refractivity contribution >= 4 is 22.7 Å². The van der Waals surface area contributed by atoms with E-state index in [0.717, 1.165) is 23.4 Å². The maximum atomic E-state index is 12.2. The Morgan fingerprint density at radius 1 is 1.42 bits per heavy atom. The van der Waals surface area contributed by atoms with Crippen LogP contribution in [0, 0.1) is 0 Å². The number of para-hydroxylation sites is 1. The third-order valence-electron chi connectivity index (χ3n) is 3.01. The first-order valence-corrected chi connectivity index (χ1v) is 7.56. The summed E-state index contributed by atoms with van der Waals surface area (Å²) in [6.45, 7) is 6.78. The maximum Gasteiger partial charge on any atom is 0.261 e. The number of hydrogen-bond donors (Lipinski definition) is 0. The second-order valence-electron chi connectivity index (χ2n) is 4.42. The van der Waals surface area contributed by atoms with Gasteiger partial charge in [-0.2, -0.15) is 11.8 Å². The lowest BCUT2D eigenvalue weighted by Crippen LogP contribution is -2.21. The van der Waals surface area contributed by atoms with E-state index >= 15 is 0 Å². The largest absolute Gasteiger partial charge is 0.298 e. The van der Waals surface area contributed by atoms with Gasteiger partial charge < -0.3 is 0 Å². The summed E-state index contributed by atoms with van der Waals surface area (Å²) in [5.74, 6) is 1.87. The Kier molecular flexibility index (Phi) is 4.80. The van der Waals surface area contributed by atoms with Gasteiger partial charge >= 0.3 is 0 Å². The molecule has 100 valence electrons. The van der Waals surface area contributed by atoms with E-state index < -0.39 is 0 Å². The van der Waals surface area contributed by atoms with Gasteiger partial charge in [-0.15, -0.1) is 0 Å². The summed E-state index contributed by atoms with van der Waals surface area (Å²) in [5, 5.41) is 0.688. The van der Waals surface area contributed by atoms with Crippen molar-refractivity contribution in [1.82, 2.24) is 9.55 Å². The monoisotopic (exact) mass is 274 g/mol. The molecule has 0 aliphatic carbocycles. The quantitative estimate of drug-likeness (QED) is 0.600. The average molecular weight is 274 g/mol. The number of benzene rings is 1. The zero-order valence-electron chi connectivity index (χ0n) is 11.1. The van der Waals surface area contributed by atoms with E-state index in [0.29, 0.717) is 11.9 Å². The van der Waals surface area contributed by atoms with Crippen molar-refractivity contribution in [2.75, 3.05) is 11.5 Å². The molecule has 1 heterocycles. The highest BCUT2D eigenvalue weighted by Crippen LogP contribution is 2.10. The highest BCUT2D eigenvalue weighted by molar-refractivity contribution is 7.99. The Morgan fingerprint density at radius 2 is 2.21 bits per heavy atom. The molecular formula is C15H18N2OS. The van der Waals surface area contributed by atoms with Gasteiger partial charge in [-0.05, 0) is 18.6 Å². The molecule has 2 rings (SSSR count). The summed E-state index contributed by atoms with van der Waals surface area (Å²) in [4.78, 5) is 16.5. The van der Waals surface area contributed by atoms with Gasteiger partial charge in [0, 0.05) is 18.1 Å². The molecule has 0 spiro atoms. The minimum Gasteiger partial charge on any atom is -0.298 e. The molecule has 0 amide bonds. The second kappa shape index (κ2) is 6.57. The minimum absolute atomic E-state index is 0.0421. The van der Waals surface area contributed by atoms with Gasteiger partial charge in [0.25, 0.3) is 5.56 Å². The minimum atomic E-state index is 0.0421. The number of rotatable bonds is 6. The Bertz CT molecular complexity index is 633. The molecule has 0 bridgehead atoms. The van der Waals surface area contributed by atoms with Crippen LogP contribution in [0.1, 0.15) is 13.3 Å². The molecule has 0 radical (unpaired) electrons. The first kappa shape index (κ1) is 13.9. The fourth-order valence-electron chi connectivity index (χ4n) is 1.75. The standard InChI is InChI=1S/C15H18N2OS/c1-3-12(2)10-19-9-8-17-11-16-14-7-5-4-6-13(14)15(17)18/h4-7,11H,2-3,8-10H2,1H3. The van der Waals surface area contributed by atoms with E-state index in [9.17, 15) is 4.79 Å². The summed E-state index contributed by atoms with van der Waals surface area (Å²) < 4.78 is 1.68. The fourth-order valence-corrected chi connectivity index (χ4v) is 2.71. The van der Waals surface area contributed by atoms with Crippen LogP contribution >= 0.6 is 11.8 Å². The number of aryl methyl sites for hydroxylation is 1. The van der Waals surface area contributed by atoms with Crippen LogP contribution in [-0.4, -0.2) is 21.1 Å². The van der Waals surface area contributed by atoms with Crippen LogP contribution < -0.4 is 5.56 Å². The van der Waals surface area contributed by atoms with Crippen LogP contribution in [0.25, 0.3) is 10.9 Å². The van der Waals surface area contributed by atoms with Gasteiger partial charge in [0.05, 0.1) is 17.2 Å². The van der Waals surface area contributed by atoms with Crippen molar-refractivity contribution in [2.45, 2.75) is 19.9 Å². The average Bonchev–Trinajstić information content (AvgIpc) is 2.45. The Morgan fingerprint density at radius 3 is 3.00 bits per heavy atom. The van der Waals surface area contributed by atoms with Crippen molar-refractivity contribution in [3.05, 3.63) is 53.1 Å². The summed E-state index contributed by atoms with van der Waals surface area (Å²) in [6, 6.07) is 7.45. The van der Waals surface area contributed by atoms with Gasteiger partial charge in [-0.1, -0.05) is 31.2 Å². The predicted octanol–water partition coefficient (Wildman–Crippen LogP) is 3.10. The van der Waals surface area contributed by atoms with Crippen molar-refractivity contribution in [3.63, 3.8) is 0 Å². The zero-order chi connectivity index (χ0) is 13.7. The summed E-state index contributed by atoms with van der Waals surface area (Å²) in [7, 11) is 0. The number of aromatic nitrogens is 2. The van der Waals surface area contributed by atoms with Crippen molar-refractivity contribution in [2.24, 2.45) is 0 Å². The van der Waals surface area contributed by atoms with Crippen LogP contribution in [0.3, 0.4) is 0 Å². The van der Waals surface area contributed by atoms with Gasteiger partial charge in [-0.25, -0.2) is 4.98 Å². The molecule has 0 aliphatic heterocycles. The van der Waals surface area contributed by atoms with Gasteiger partial charge in [0.15, 0.2) is 0 Å². The maximum absolute atomic E-state index is 12.2. The Hall–Kier alpha value is -1.55. The molecule has 0 atom stereocenters. The molecular weight excluding hydrogens is 256 g/mol. The summed E-state index contributed by atoms with van der Waals surface area (Å²) in [5.41, 5.74) is 2.05. The smallest absolute Gasteiger partial charge is 0.261 e. The predicted molar refractivity (Wildman–Crippen MR) is 82.8 cm³/mol. The van der Waals surface area contributed by atoms with Gasteiger partial charge in [-0.3, -0.25) is 9.36 Å². The second-order valence-corrected chi connectivity index (χ2v) is 5.52. The SMILES string of the molecule is C=C(CC)CSCCn1cnc2ccccc2c1=O. The number of fused-ring (bicyclic) bond motifs is 1. The molecule has 0 saturated heterocycles. The molecule has 0 saturated carbocycles. The van der Waals surface area contributed by atoms with Crippen LogP contribution in [0.2, 0.25) is 0 Å². The molecule has 3 nitrogen and oxygen atoms in total. The molecule has 4 heteroatoms.